The number of carbonyl (C=O) groups excluding carboxylic acids is 2. The Hall–Kier alpha value is -2.63. The molecule has 1 heterocycles. The van der Waals surface area contributed by atoms with Gasteiger partial charge >= 0.3 is 0 Å². The zero-order valence-corrected chi connectivity index (χ0v) is 17.6. The summed E-state index contributed by atoms with van der Waals surface area (Å²) in [4.78, 5) is 27.9. The molecule has 1 saturated heterocycles. The number of piperazine rings is 1. The quantitative estimate of drug-likeness (QED) is 0.740. The lowest BCUT2D eigenvalue weighted by atomic mass is 10.1. The zero-order valence-electron chi connectivity index (χ0n) is 16.9. The number of aryl methyl sites for hydroxylation is 2. The van der Waals surface area contributed by atoms with Crippen LogP contribution < -0.4 is 10.2 Å². The zero-order chi connectivity index (χ0) is 20.8. The van der Waals surface area contributed by atoms with E-state index in [9.17, 15) is 9.59 Å². The van der Waals surface area contributed by atoms with Gasteiger partial charge in [-0.25, -0.2) is 0 Å². The lowest BCUT2D eigenvalue weighted by Gasteiger charge is -2.31. The average molecular weight is 413 g/mol. The molecule has 5 nitrogen and oxygen atoms in total. The molecule has 2 aromatic carbocycles. The third kappa shape index (κ3) is 5.92. The van der Waals surface area contributed by atoms with Crippen molar-refractivity contribution in [3.8, 4) is 0 Å². The molecule has 3 rings (SSSR count). The Morgan fingerprint density at radius 3 is 2.41 bits per heavy atom. The third-order valence-electron chi connectivity index (χ3n) is 5.21. The van der Waals surface area contributed by atoms with Crippen LogP contribution in [-0.2, 0) is 9.59 Å². The molecule has 2 amide bonds. The van der Waals surface area contributed by atoms with Gasteiger partial charge in [-0.05, 0) is 48.7 Å². The van der Waals surface area contributed by atoms with Crippen LogP contribution >= 0.6 is 11.6 Å². The number of anilines is 1. The molecule has 1 fully saturated rings. The molecule has 0 unspecified atom stereocenters. The smallest absolute Gasteiger partial charge is 0.279 e. The second-order valence-electron chi connectivity index (χ2n) is 7.46. The molecule has 0 aliphatic carbocycles. The standard InChI is InChI=1S/C23H26ClN3O2/c1-17-5-3-6-18(2)23(17)25-21(28)16-26-11-13-27(14-12-26)22(29)10-9-19-7-4-8-20(24)15-19/h3-10,15H,11-14,16H2,1-2H3,(H,25,28)/p+1/b10-9+. The fourth-order valence-corrected chi connectivity index (χ4v) is 3.72. The number of quaternary nitrogens is 1. The van der Waals surface area contributed by atoms with E-state index in [1.807, 2.05) is 55.1 Å². The number of hydrogen-bond donors (Lipinski definition) is 2. The minimum Gasteiger partial charge on any atom is -0.328 e. The number of carbonyl (C=O) groups is 2. The van der Waals surface area contributed by atoms with Gasteiger partial charge in [0.15, 0.2) is 6.54 Å². The number of para-hydroxylation sites is 1. The second-order valence-corrected chi connectivity index (χ2v) is 7.89. The lowest BCUT2D eigenvalue weighted by molar-refractivity contribution is -0.895. The number of nitrogens with one attached hydrogen (secondary N) is 2. The Balaban J connectivity index is 1.47. The number of halogens is 1. The summed E-state index contributed by atoms with van der Waals surface area (Å²) in [7, 11) is 0. The summed E-state index contributed by atoms with van der Waals surface area (Å²) in [5, 5.41) is 3.69. The Bertz CT molecular complexity index is 898. The van der Waals surface area contributed by atoms with Gasteiger partial charge in [0.2, 0.25) is 5.91 Å². The van der Waals surface area contributed by atoms with Crippen LogP contribution in [0.2, 0.25) is 5.02 Å². The monoisotopic (exact) mass is 412 g/mol. The van der Waals surface area contributed by atoms with Crippen LogP contribution in [0.15, 0.2) is 48.5 Å². The van der Waals surface area contributed by atoms with Crippen LogP contribution in [0.4, 0.5) is 5.69 Å². The molecule has 0 saturated carbocycles. The van der Waals surface area contributed by atoms with Gasteiger partial charge in [-0.1, -0.05) is 41.9 Å². The molecule has 0 atom stereocenters. The Morgan fingerprint density at radius 2 is 1.76 bits per heavy atom. The van der Waals surface area contributed by atoms with Crippen molar-refractivity contribution < 1.29 is 14.5 Å². The summed E-state index contributed by atoms with van der Waals surface area (Å²) >= 11 is 5.97. The highest BCUT2D eigenvalue weighted by molar-refractivity contribution is 6.30. The first kappa shape index (κ1) is 21.1. The van der Waals surface area contributed by atoms with Crippen molar-refractivity contribution >= 4 is 35.2 Å². The molecule has 2 aromatic rings. The van der Waals surface area contributed by atoms with Gasteiger partial charge < -0.3 is 15.1 Å². The second kappa shape index (κ2) is 9.72. The maximum Gasteiger partial charge on any atom is 0.279 e. The van der Waals surface area contributed by atoms with Gasteiger partial charge in [0.25, 0.3) is 5.91 Å². The highest BCUT2D eigenvalue weighted by Crippen LogP contribution is 2.19. The predicted molar refractivity (Wildman–Crippen MR) is 117 cm³/mol. The van der Waals surface area contributed by atoms with Crippen LogP contribution in [-0.4, -0.2) is 49.4 Å². The first-order chi connectivity index (χ1) is 13.9. The SMILES string of the molecule is Cc1cccc(C)c1NC(=O)C[NH+]1CCN(C(=O)/C=C/c2cccc(Cl)c2)CC1. The molecular weight excluding hydrogens is 386 g/mol. The van der Waals surface area contributed by atoms with Gasteiger partial charge in [-0.2, -0.15) is 0 Å². The largest absolute Gasteiger partial charge is 0.328 e. The van der Waals surface area contributed by atoms with E-state index in [2.05, 4.69) is 5.32 Å². The van der Waals surface area contributed by atoms with Crippen molar-refractivity contribution in [2.45, 2.75) is 13.8 Å². The molecule has 1 aliphatic rings. The molecule has 0 radical (unpaired) electrons. The van der Waals surface area contributed by atoms with E-state index in [4.69, 9.17) is 11.6 Å². The fraction of sp³-hybridized carbons (Fsp3) is 0.304. The van der Waals surface area contributed by atoms with Gasteiger partial charge in [-0.3, -0.25) is 9.59 Å². The van der Waals surface area contributed by atoms with Gasteiger partial charge in [0.1, 0.15) is 0 Å². The lowest BCUT2D eigenvalue weighted by Crippen LogP contribution is -3.15. The fourth-order valence-electron chi connectivity index (χ4n) is 3.53. The predicted octanol–water partition coefficient (Wildman–Crippen LogP) is 2.34. The van der Waals surface area contributed by atoms with Gasteiger partial charge in [0, 0.05) is 16.8 Å². The number of rotatable bonds is 5. The maximum absolute atomic E-state index is 12.5. The number of amides is 2. The van der Waals surface area contributed by atoms with Crippen molar-refractivity contribution in [3.05, 3.63) is 70.3 Å². The Labute approximate surface area is 177 Å². The van der Waals surface area contributed by atoms with E-state index < -0.39 is 0 Å². The average Bonchev–Trinajstić information content (AvgIpc) is 2.70. The maximum atomic E-state index is 12.5. The Morgan fingerprint density at radius 1 is 1.10 bits per heavy atom. The summed E-state index contributed by atoms with van der Waals surface area (Å²) in [5.74, 6) is 0.00189. The Kier molecular flexibility index (Phi) is 7.07. The van der Waals surface area contributed by atoms with Crippen molar-refractivity contribution in [3.63, 3.8) is 0 Å². The topological polar surface area (TPSA) is 53.9 Å². The van der Waals surface area contributed by atoms with E-state index in [1.165, 1.54) is 4.90 Å². The van der Waals surface area contributed by atoms with Gasteiger partial charge in [-0.15, -0.1) is 0 Å². The molecule has 0 aromatic heterocycles. The minimum absolute atomic E-state index is 0.0102. The van der Waals surface area contributed by atoms with Crippen molar-refractivity contribution in [1.82, 2.24) is 4.90 Å². The number of hydrogen-bond acceptors (Lipinski definition) is 2. The van der Waals surface area contributed by atoms with E-state index >= 15 is 0 Å². The normalized spacial score (nSPS) is 14.9. The minimum atomic E-state index is -0.0102. The summed E-state index contributed by atoms with van der Waals surface area (Å²) in [6, 6.07) is 13.4. The molecule has 29 heavy (non-hydrogen) atoms. The van der Waals surface area contributed by atoms with Crippen LogP contribution in [0.25, 0.3) is 6.08 Å². The summed E-state index contributed by atoms with van der Waals surface area (Å²) in [5.41, 5.74) is 3.93. The van der Waals surface area contributed by atoms with Crippen LogP contribution in [0, 0.1) is 13.8 Å². The van der Waals surface area contributed by atoms with Crippen molar-refractivity contribution in [1.29, 1.82) is 0 Å². The summed E-state index contributed by atoms with van der Waals surface area (Å²) in [6.07, 6.45) is 3.37. The van der Waals surface area contributed by atoms with Crippen LogP contribution in [0.1, 0.15) is 16.7 Å². The van der Waals surface area contributed by atoms with Gasteiger partial charge in [0.05, 0.1) is 26.2 Å². The molecule has 152 valence electrons. The first-order valence-corrected chi connectivity index (χ1v) is 10.2. The molecule has 0 spiro atoms. The molecular formula is C23H27ClN3O2+. The first-order valence-electron chi connectivity index (χ1n) is 9.84. The molecule has 2 N–H and O–H groups in total. The molecule has 0 bridgehead atoms. The van der Waals surface area contributed by atoms with E-state index in [-0.39, 0.29) is 11.8 Å². The summed E-state index contributed by atoms with van der Waals surface area (Å²) in [6.45, 7) is 7.21. The van der Waals surface area contributed by atoms with E-state index in [0.29, 0.717) is 24.7 Å². The van der Waals surface area contributed by atoms with Crippen LogP contribution in [0.5, 0.6) is 0 Å². The van der Waals surface area contributed by atoms with Crippen molar-refractivity contribution in [2.24, 2.45) is 0 Å². The van der Waals surface area contributed by atoms with Crippen LogP contribution in [0.3, 0.4) is 0 Å². The highest BCUT2D eigenvalue weighted by Gasteiger charge is 2.24. The summed E-state index contributed by atoms with van der Waals surface area (Å²) < 4.78 is 0. The molecule has 6 heteroatoms. The molecule has 1 aliphatic heterocycles. The third-order valence-corrected chi connectivity index (χ3v) is 5.44. The number of nitrogens with zero attached hydrogens (tertiary/aromatic N) is 1. The van der Waals surface area contributed by atoms with Crippen molar-refractivity contribution in [2.75, 3.05) is 38.0 Å². The highest BCUT2D eigenvalue weighted by atomic mass is 35.5. The van der Waals surface area contributed by atoms with E-state index in [0.717, 1.165) is 35.5 Å². The van der Waals surface area contributed by atoms with E-state index in [1.54, 1.807) is 18.2 Å². The number of benzene rings is 2.